The third kappa shape index (κ3) is 12.6. The number of β-amino-alcohol motifs (C(OH)–C–C–N with tert-alkyl or cyclic N) is 1. The zero-order valence-corrected chi connectivity index (χ0v) is 49.0. The van der Waals surface area contributed by atoms with Gasteiger partial charge < -0.3 is 45.6 Å². The first-order valence-electron chi connectivity index (χ1n) is 29.5. The number of carbonyl (C=O) groups excluding carboxylic acids is 3. The number of rotatable bonds is 17. The maximum absolute atomic E-state index is 17.1. The number of thiazole rings is 1. The Balaban J connectivity index is 0.652. The van der Waals surface area contributed by atoms with E-state index in [0.29, 0.717) is 47.9 Å². The van der Waals surface area contributed by atoms with E-state index in [1.807, 2.05) is 82.6 Å². The summed E-state index contributed by atoms with van der Waals surface area (Å²) >= 11 is 1.58. The highest BCUT2D eigenvalue weighted by Crippen LogP contribution is 2.40. The minimum Gasteiger partial charge on any atom is -0.508 e. The van der Waals surface area contributed by atoms with Crippen LogP contribution in [0.2, 0.25) is 0 Å². The molecule has 5 aliphatic heterocycles. The monoisotopic (exact) mass is 1140 g/mol. The number of nitrogens with one attached hydrogen (secondary N) is 3. The lowest BCUT2D eigenvalue weighted by atomic mass is 9.85. The Bertz CT molecular complexity index is 3270. The lowest BCUT2D eigenvalue weighted by Crippen LogP contribution is -2.59. The fourth-order valence-corrected chi connectivity index (χ4v) is 13.8. The van der Waals surface area contributed by atoms with Crippen LogP contribution in [0.15, 0.2) is 66.3 Å². The number of aliphatic hydroxyl groups is 1. The van der Waals surface area contributed by atoms with Gasteiger partial charge in [0.05, 0.1) is 40.2 Å². The number of fused-ring (bicyclic) bond motifs is 4. The van der Waals surface area contributed by atoms with Crippen molar-refractivity contribution in [1.29, 1.82) is 0 Å². The lowest BCUT2D eigenvalue weighted by Gasteiger charge is -2.39. The molecule has 2 unspecified atom stereocenters. The highest BCUT2D eigenvalue weighted by molar-refractivity contribution is 7.13. The van der Waals surface area contributed by atoms with Gasteiger partial charge in [-0.1, -0.05) is 70.2 Å². The first kappa shape index (κ1) is 57.4. The van der Waals surface area contributed by atoms with E-state index in [2.05, 4.69) is 47.5 Å². The largest absolute Gasteiger partial charge is 0.508 e. The smallest absolute Gasteiger partial charge is 0.319 e. The summed E-state index contributed by atoms with van der Waals surface area (Å²) in [5, 5.41) is 33.6. The number of hydrogen-bond donors (Lipinski definition) is 5. The number of amides is 3. The van der Waals surface area contributed by atoms with E-state index in [9.17, 15) is 24.6 Å². The molecule has 6 aromatic rings. The Morgan fingerprint density at radius 1 is 0.902 bits per heavy atom. The van der Waals surface area contributed by atoms with E-state index in [0.717, 1.165) is 129 Å². The fourth-order valence-electron chi connectivity index (χ4n) is 13.0. The zero-order valence-electron chi connectivity index (χ0n) is 48.2. The Morgan fingerprint density at radius 3 is 2.33 bits per heavy atom. The second kappa shape index (κ2) is 24.4. The molecule has 2 bridgehead atoms. The molecule has 0 aliphatic carbocycles. The number of aryl methyl sites for hydroxylation is 2. The van der Waals surface area contributed by atoms with Crippen molar-refractivity contribution in [3.8, 4) is 33.5 Å². The molecule has 11 rings (SSSR count). The van der Waals surface area contributed by atoms with Gasteiger partial charge in [-0.2, -0.15) is 9.97 Å². The minimum atomic E-state index is -0.902. The quantitative estimate of drug-likeness (QED) is 0.0645. The second-order valence-corrected chi connectivity index (χ2v) is 25.4. The van der Waals surface area contributed by atoms with Crippen LogP contribution in [0.4, 0.5) is 10.2 Å². The van der Waals surface area contributed by atoms with Gasteiger partial charge >= 0.3 is 6.01 Å². The van der Waals surface area contributed by atoms with Gasteiger partial charge in [0.25, 0.3) is 0 Å². The average Bonchev–Trinajstić information content (AvgIpc) is 4.01. The summed E-state index contributed by atoms with van der Waals surface area (Å²) in [5.41, 5.74) is 5.95. The molecule has 5 aliphatic rings. The molecule has 18 nitrogen and oxygen atoms in total. The van der Waals surface area contributed by atoms with E-state index in [4.69, 9.17) is 19.7 Å². The Hall–Kier alpha value is -6.42. The predicted molar refractivity (Wildman–Crippen MR) is 317 cm³/mol. The van der Waals surface area contributed by atoms with Crippen molar-refractivity contribution in [2.75, 3.05) is 90.0 Å². The van der Waals surface area contributed by atoms with Crippen molar-refractivity contribution >= 4 is 56.6 Å². The van der Waals surface area contributed by atoms with Crippen LogP contribution >= 0.6 is 11.3 Å². The number of aromatic nitrogens is 4. The number of phenols is 1. The van der Waals surface area contributed by atoms with Crippen molar-refractivity contribution in [2.45, 2.75) is 116 Å². The highest BCUT2D eigenvalue weighted by atomic mass is 32.1. The number of pyridine rings is 1. The number of piperazine rings is 2. The van der Waals surface area contributed by atoms with E-state index in [1.54, 1.807) is 29.7 Å². The molecule has 5 fully saturated rings. The average molecular weight is 1140 g/mol. The van der Waals surface area contributed by atoms with Gasteiger partial charge in [-0.3, -0.25) is 29.2 Å². The van der Waals surface area contributed by atoms with Crippen molar-refractivity contribution in [3.63, 3.8) is 0 Å². The molecule has 3 aromatic carbocycles. The molecule has 6 atom stereocenters. The predicted octanol–water partition coefficient (Wildman–Crippen LogP) is 6.70. The first-order chi connectivity index (χ1) is 39.5. The number of hydrogen-bond acceptors (Lipinski definition) is 16. The number of halogens is 1. The van der Waals surface area contributed by atoms with E-state index >= 15 is 4.39 Å². The molecule has 82 heavy (non-hydrogen) atoms. The molecule has 0 saturated carbocycles. The van der Waals surface area contributed by atoms with Crippen LogP contribution in [0.3, 0.4) is 0 Å². The molecule has 3 amide bonds. The summed E-state index contributed by atoms with van der Waals surface area (Å²) in [4.78, 5) is 72.5. The van der Waals surface area contributed by atoms with Crippen molar-refractivity contribution in [1.82, 2.24) is 55.5 Å². The topological polar surface area (TPSA) is 205 Å². The third-order valence-electron chi connectivity index (χ3n) is 17.6. The number of anilines is 1. The SMILES string of the molecule is CCc1cccc2cc(O)cc(-c3ncc4c(N5CC6CCC(C5)N6)nc(OCCN5CCC(CN6CCN(CC(=O)N[C@H](C(=O)N7C[C@H](O)C[C@H]7C(=O)N[C@@H](C)c7ccc(-c8scnc8C)cc7)C(C)(C)C)CC6)CC5)nc4c3F)c12. The third-order valence-corrected chi connectivity index (χ3v) is 18.6. The molecule has 8 heterocycles. The maximum Gasteiger partial charge on any atom is 0.319 e. The number of aliphatic hydroxyl groups excluding tert-OH is 1. The number of carbonyl (C=O) groups is 3. The van der Waals surface area contributed by atoms with Gasteiger partial charge in [0.15, 0.2) is 5.82 Å². The van der Waals surface area contributed by atoms with Gasteiger partial charge in [-0.25, -0.2) is 9.37 Å². The highest BCUT2D eigenvalue weighted by Gasteiger charge is 2.45. The Kier molecular flexibility index (Phi) is 17.1. The molecule has 436 valence electrons. The molecule has 0 spiro atoms. The molecule has 0 radical (unpaired) electrons. The Morgan fingerprint density at radius 2 is 1.63 bits per heavy atom. The van der Waals surface area contributed by atoms with Gasteiger partial charge in [0, 0.05) is 89.2 Å². The number of phenolic OH excluding ortho intramolecular Hbond substituents is 1. The maximum atomic E-state index is 17.1. The van der Waals surface area contributed by atoms with Crippen molar-refractivity contribution in [3.05, 3.63) is 88.9 Å². The van der Waals surface area contributed by atoms with Crippen LogP contribution in [-0.2, 0) is 20.8 Å². The summed E-state index contributed by atoms with van der Waals surface area (Å²) < 4.78 is 23.5. The number of benzene rings is 3. The van der Waals surface area contributed by atoms with Gasteiger partial charge in [-0.05, 0) is 110 Å². The summed E-state index contributed by atoms with van der Waals surface area (Å²) in [6, 6.07) is 15.9. The number of likely N-dealkylation sites (tertiary alicyclic amines) is 2. The standard InChI is InChI=1S/C62H79FN12O6S/c1-7-40-9-8-10-43-27-46(76)28-48(52(40)43)54-53(63)55-49(30-64-54)58(74-32-44-15-16-45(33-74)67-44)70-61(69-55)81-26-25-71-19-17-39(18-20-71)31-72-21-23-73(24-22-72)35-51(78)68-57(62(4,5)6)60(80)75-34-47(77)29-50(75)59(79)66-37(2)41-11-13-42(14-12-41)56-38(3)65-36-82-56/h8-14,27-28,30,36-37,39,44-45,47,50,57,67,76-77H,7,15-26,29,31-35H2,1-6H3,(H,66,79)(H,68,78)/t37-,44?,45?,47+,50-,57+/m0/s1. The molecule has 20 heteroatoms. The van der Waals surface area contributed by atoms with E-state index < -0.39 is 29.4 Å². The van der Waals surface area contributed by atoms with Crippen LogP contribution in [0.1, 0.15) is 89.6 Å². The normalized spacial score (nSPS) is 22.0. The summed E-state index contributed by atoms with van der Waals surface area (Å²) in [6.45, 7) is 20.3. The first-order valence-corrected chi connectivity index (χ1v) is 30.3. The number of nitrogens with zero attached hydrogens (tertiary/aromatic N) is 9. The fraction of sp³-hybridized carbons (Fsp3) is 0.532. The van der Waals surface area contributed by atoms with Crippen LogP contribution in [0.5, 0.6) is 11.8 Å². The Labute approximate surface area is 483 Å². The van der Waals surface area contributed by atoms with Gasteiger partial charge in [0.2, 0.25) is 17.7 Å². The van der Waals surface area contributed by atoms with E-state index in [1.165, 1.54) is 4.90 Å². The summed E-state index contributed by atoms with van der Waals surface area (Å²) in [7, 11) is 0. The molecular weight excluding hydrogens is 1060 g/mol. The summed E-state index contributed by atoms with van der Waals surface area (Å²) in [5.74, 6) is -0.325. The molecule has 5 saturated heterocycles. The van der Waals surface area contributed by atoms with Gasteiger partial charge in [-0.15, -0.1) is 11.3 Å². The second-order valence-electron chi connectivity index (χ2n) is 24.5. The van der Waals surface area contributed by atoms with Crippen LogP contribution in [-0.4, -0.2) is 183 Å². The van der Waals surface area contributed by atoms with Crippen molar-refractivity contribution in [2.24, 2.45) is 11.3 Å². The molecule has 3 aromatic heterocycles. The van der Waals surface area contributed by atoms with Crippen LogP contribution in [0, 0.1) is 24.1 Å². The number of piperidine rings is 1. The zero-order chi connectivity index (χ0) is 57.4. The minimum absolute atomic E-state index is 0.0116. The number of ether oxygens (including phenoxy) is 1. The van der Waals surface area contributed by atoms with Crippen LogP contribution < -0.4 is 25.6 Å². The van der Waals surface area contributed by atoms with Crippen LogP contribution in [0.25, 0.3) is 43.4 Å². The molecular formula is C62H79FN12O6S. The molecule has 5 N–H and O–H groups in total. The lowest BCUT2D eigenvalue weighted by molar-refractivity contribution is -0.144. The number of aromatic hydroxyl groups is 1. The summed E-state index contributed by atoms with van der Waals surface area (Å²) in [6.07, 6.45) is 5.93. The van der Waals surface area contributed by atoms with Crippen molar-refractivity contribution < 1.29 is 33.7 Å². The van der Waals surface area contributed by atoms with Gasteiger partial charge in [0.1, 0.15) is 41.5 Å². The van der Waals surface area contributed by atoms with E-state index in [-0.39, 0.29) is 66.2 Å².